The number of hydrogen-bond donors (Lipinski definition) is 1. The molecule has 6 heteroatoms. The zero-order chi connectivity index (χ0) is 16.3. The van der Waals surface area contributed by atoms with Crippen LogP contribution in [-0.4, -0.2) is 31.1 Å². The number of ether oxygens (including phenoxy) is 1. The molecule has 6 nitrogen and oxygen atoms in total. The SMILES string of the molecule is COC(=O)N(c1ccc(C(C)C)cc1)C1CCC(=O)NC1=O. The fraction of sp³-hybridized carbons (Fsp3) is 0.438. The predicted octanol–water partition coefficient (Wildman–Crippen LogP) is 2.19. The Balaban J connectivity index is 2.32. The maximum Gasteiger partial charge on any atom is 0.414 e. The Bertz CT molecular complexity index is 580. The first-order valence-electron chi connectivity index (χ1n) is 7.25. The van der Waals surface area contributed by atoms with Gasteiger partial charge in [-0.15, -0.1) is 0 Å². The minimum atomic E-state index is -0.741. The molecule has 1 aliphatic rings. The Morgan fingerprint density at radius 3 is 2.41 bits per heavy atom. The van der Waals surface area contributed by atoms with Crippen LogP contribution in [0.2, 0.25) is 0 Å². The summed E-state index contributed by atoms with van der Waals surface area (Å²) in [5.41, 5.74) is 1.71. The van der Waals surface area contributed by atoms with E-state index in [0.717, 1.165) is 5.56 Å². The van der Waals surface area contributed by atoms with Crippen molar-refractivity contribution in [2.24, 2.45) is 0 Å². The van der Waals surface area contributed by atoms with Gasteiger partial charge < -0.3 is 4.74 Å². The smallest absolute Gasteiger partial charge is 0.414 e. The standard InChI is InChI=1S/C16H20N2O4/c1-10(2)11-4-6-12(7-5-11)18(16(21)22-3)13-8-9-14(19)17-15(13)20/h4-7,10,13H,8-9H2,1-3H3,(H,17,19,20). The normalized spacial score (nSPS) is 18.1. The number of nitrogens with one attached hydrogen (secondary N) is 1. The van der Waals surface area contributed by atoms with Crippen molar-refractivity contribution in [1.82, 2.24) is 5.32 Å². The van der Waals surface area contributed by atoms with Crippen LogP contribution in [0.1, 0.15) is 38.2 Å². The molecular weight excluding hydrogens is 284 g/mol. The summed E-state index contributed by atoms with van der Waals surface area (Å²) >= 11 is 0. The van der Waals surface area contributed by atoms with Gasteiger partial charge >= 0.3 is 6.09 Å². The van der Waals surface area contributed by atoms with E-state index in [2.05, 4.69) is 19.2 Å². The summed E-state index contributed by atoms with van der Waals surface area (Å²) in [6.45, 7) is 4.15. The summed E-state index contributed by atoms with van der Waals surface area (Å²) in [5, 5.41) is 2.26. The van der Waals surface area contributed by atoms with E-state index < -0.39 is 18.0 Å². The first-order chi connectivity index (χ1) is 10.4. The Morgan fingerprint density at radius 1 is 1.27 bits per heavy atom. The van der Waals surface area contributed by atoms with Gasteiger partial charge in [0.25, 0.3) is 0 Å². The maximum absolute atomic E-state index is 12.1. The Kier molecular flexibility index (Phi) is 4.80. The van der Waals surface area contributed by atoms with Gasteiger partial charge in [-0.2, -0.15) is 0 Å². The van der Waals surface area contributed by atoms with Crippen LogP contribution in [0.25, 0.3) is 0 Å². The lowest BCUT2D eigenvalue weighted by atomic mass is 10.0. The summed E-state index contributed by atoms with van der Waals surface area (Å²) in [4.78, 5) is 36.7. The van der Waals surface area contributed by atoms with Crippen LogP contribution < -0.4 is 10.2 Å². The highest BCUT2D eigenvalue weighted by molar-refractivity contribution is 6.05. The van der Waals surface area contributed by atoms with E-state index in [0.29, 0.717) is 11.6 Å². The average Bonchev–Trinajstić information content (AvgIpc) is 2.50. The van der Waals surface area contributed by atoms with Crippen molar-refractivity contribution in [3.05, 3.63) is 29.8 Å². The number of benzene rings is 1. The molecule has 3 amide bonds. The molecule has 1 heterocycles. The van der Waals surface area contributed by atoms with Gasteiger partial charge in [0.15, 0.2) is 0 Å². The molecule has 1 atom stereocenters. The molecule has 22 heavy (non-hydrogen) atoms. The van der Waals surface area contributed by atoms with Crippen LogP contribution >= 0.6 is 0 Å². The maximum atomic E-state index is 12.1. The number of carbonyl (C=O) groups excluding carboxylic acids is 3. The van der Waals surface area contributed by atoms with Gasteiger partial charge in [-0.05, 0) is 30.0 Å². The van der Waals surface area contributed by atoms with E-state index >= 15 is 0 Å². The third kappa shape index (κ3) is 3.27. The molecule has 118 valence electrons. The van der Waals surface area contributed by atoms with Crippen molar-refractivity contribution in [3.63, 3.8) is 0 Å². The molecule has 0 radical (unpaired) electrons. The van der Waals surface area contributed by atoms with Crippen LogP contribution in [0.15, 0.2) is 24.3 Å². The first kappa shape index (κ1) is 16.0. The number of imide groups is 1. The van der Waals surface area contributed by atoms with E-state index in [4.69, 9.17) is 4.74 Å². The van der Waals surface area contributed by atoms with Crippen molar-refractivity contribution in [3.8, 4) is 0 Å². The molecule has 1 saturated heterocycles. The lowest BCUT2D eigenvalue weighted by Crippen LogP contribution is -2.54. The highest BCUT2D eigenvalue weighted by Gasteiger charge is 2.36. The van der Waals surface area contributed by atoms with Crippen molar-refractivity contribution >= 4 is 23.6 Å². The van der Waals surface area contributed by atoms with Crippen molar-refractivity contribution < 1.29 is 19.1 Å². The molecule has 0 aliphatic carbocycles. The molecule has 1 unspecified atom stereocenters. The largest absolute Gasteiger partial charge is 0.452 e. The van der Waals surface area contributed by atoms with Crippen LogP contribution in [0, 0.1) is 0 Å². The molecule has 1 N–H and O–H groups in total. The number of nitrogens with zero attached hydrogens (tertiary/aromatic N) is 1. The molecule has 0 saturated carbocycles. The highest BCUT2D eigenvalue weighted by Crippen LogP contribution is 2.25. The van der Waals surface area contributed by atoms with Gasteiger partial charge in [0, 0.05) is 12.1 Å². The monoisotopic (exact) mass is 304 g/mol. The highest BCUT2D eigenvalue weighted by atomic mass is 16.5. The Morgan fingerprint density at radius 2 is 1.91 bits per heavy atom. The van der Waals surface area contributed by atoms with E-state index in [9.17, 15) is 14.4 Å². The van der Waals surface area contributed by atoms with Gasteiger partial charge in [0.2, 0.25) is 11.8 Å². The van der Waals surface area contributed by atoms with Gasteiger partial charge in [0.05, 0.1) is 7.11 Å². The summed E-state index contributed by atoms with van der Waals surface area (Å²) in [6, 6.07) is 6.67. The lowest BCUT2D eigenvalue weighted by Gasteiger charge is -2.31. The predicted molar refractivity (Wildman–Crippen MR) is 81.6 cm³/mol. The Labute approximate surface area is 129 Å². The molecular formula is C16H20N2O4. The molecule has 0 aromatic heterocycles. The second-order valence-electron chi connectivity index (χ2n) is 5.55. The number of amides is 3. The molecule has 2 rings (SSSR count). The summed E-state index contributed by atoms with van der Waals surface area (Å²) in [7, 11) is 1.27. The summed E-state index contributed by atoms with van der Waals surface area (Å²) < 4.78 is 4.79. The van der Waals surface area contributed by atoms with E-state index in [1.165, 1.54) is 12.0 Å². The van der Waals surface area contributed by atoms with Crippen LogP contribution in [-0.2, 0) is 14.3 Å². The second-order valence-corrected chi connectivity index (χ2v) is 5.55. The molecule has 1 aliphatic heterocycles. The fourth-order valence-corrected chi connectivity index (χ4v) is 2.46. The van der Waals surface area contributed by atoms with E-state index in [1.54, 1.807) is 12.1 Å². The summed E-state index contributed by atoms with van der Waals surface area (Å²) in [6.07, 6.45) is -0.133. The minimum Gasteiger partial charge on any atom is -0.452 e. The molecule has 1 fully saturated rings. The molecule has 1 aromatic carbocycles. The lowest BCUT2D eigenvalue weighted by molar-refractivity contribution is -0.134. The van der Waals surface area contributed by atoms with E-state index in [1.807, 2.05) is 12.1 Å². The van der Waals surface area contributed by atoms with Crippen molar-refractivity contribution in [2.75, 3.05) is 12.0 Å². The number of carbonyl (C=O) groups is 3. The second kappa shape index (κ2) is 6.60. The fourth-order valence-electron chi connectivity index (χ4n) is 2.46. The third-order valence-electron chi connectivity index (χ3n) is 3.73. The van der Waals surface area contributed by atoms with E-state index in [-0.39, 0.29) is 18.7 Å². The zero-order valence-electron chi connectivity index (χ0n) is 13.0. The number of hydrogen-bond acceptors (Lipinski definition) is 4. The number of rotatable bonds is 3. The topological polar surface area (TPSA) is 75.7 Å². The minimum absolute atomic E-state index is 0.202. The van der Waals surface area contributed by atoms with Crippen LogP contribution in [0.3, 0.4) is 0 Å². The van der Waals surface area contributed by atoms with Crippen LogP contribution in [0.4, 0.5) is 10.5 Å². The quantitative estimate of drug-likeness (QED) is 0.869. The van der Waals surface area contributed by atoms with Gasteiger partial charge in [-0.1, -0.05) is 26.0 Å². The van der Waals surface area contributed by atoms with Crippen molar-refractivity contribution in [2.45, 2.75) is 38.6 Å². The zero-order valence-corrected chi connectivity index (χ0v) is 13.0. The average molecular weight is 304 g/mol. The first-order valence-corrected chi connectivity index (χ1v) is 7.25. The number of anilines is 1. The van der Waals surface area contributed by atoms with Gasteiger partial charge in [0.1, 0.15) is 6.04 Å². The third-order valence-corrected chi connectivity index (χ3v) is 3.73. The van der Waals surface area contributed by atoms with Crippen molar-refractivity contribution in [1.29, 1.82) is 0 Å². The van der Waals surface area contributed by atoms with Gasteiger partial charge in [-0.3, -0.25) is 19.8 Å². The molecule has 0 spiro atoms. The number of piperidine rings is 1. The molecule has 0 bridgehead atoms. The Hall–Kier alpha value is -2.37. The van der Waals surface area contributed by atoms with Gasteiger partial charge in [-0.25, -0.2) is 4.79 Å². The number of methoxy groups -OCH3 is 1. The molecule has 1 aromatic rings. The summed E-state index contributed by atoms with van der Waals surface area (Å²) in [5.74, 6) is -0.424. The van der Waals surface area contributed by atoms with Crippen LogP contribution in [0.5, 0.6) is 0 Å².